The van der Waals surface area contributed by atoms with Gasteiger partial charge in [-0.25, -0.2) is 4.98 Å². The topological polar surface area (TPSA) is 52.6 Å². The van der Waals surface area contributed by atoms with E-state index in [1.165, 1.54) is 18.5 Å². The van der Waals surface area contributed by atoms with Crippen molar-refractivity contribution in [1.29, 1.82) is 0 Å². The molecule has 0 radical (unpaired) electrons. The Labute approximate surface area is 138 Å². The van der Waals surface area contributed by atoms with E-state index in [0.717, 1.165) is 30.0 Å². The molecule has 1 aliphatic rings. The molecule has 1 fully saturated rings. The van der Waals surface area contributed by atoms with Crippen LogP contribution in [-0.4, -0.2) is 49.6 Å². The van der Waals surface area contributed by atoms with Crippen molar-refractivity contribution in [3.8, 4) is 0 Å². The molecule has 124 valence electrons. The molecule has 0 amide bonds. The van der Waals surface area contributed by atoms with E-state index in [1.807, 2.05) is 7.05 Å². The number of hydrogen-bond acceptors (Lipinski definition) is 4. The van der Waals surface area contributed by atoms with E-state index in [2.05, 4.69) is 58.8 Å². The number of aliphatic imine (C=N–C) groups is 1. The van der Waals surface area contributed by atoms with Gasteiger partial charge < -0.3 is 15.5 Å². The first-order valence-corrected chi connectivity index (χ1v) is 8.94. The van der Waals surface area contributed by atoms with Gasteiger partial charge in [0, 0.05) is 25.0 Å². The zero-order valence-electron chi connectivity index (χ0n) is 14.4. The van der Waals surface area contributed by atoms with Gasteiger partial charge in [0.2, 0.25) is 0 Å². The van der Waals surface area contributed by atoms with Gasteiger partial charge in [0.25, 0.3) is 0 Å². The van der Waals surface area contributed by atoms with Crippen molar-refractivity contribution in [1.82, 2.24) is 20.5 Å². The van der Waals surface area contributed by atoms with Crippen LogP contribution in [0.25, 0.3) is 0 Å². The number of likely N-dealkylation sites (N-methyl/N-ethyl adjacent to an activating group) is 1. The number of nitrogens with one attached hydrogen (secondary N) is 2. The maximum atomic E-state index is 4.64. The van der Waals surface area contributed by atoms with Crippen molar-refractivity contribution >= 4 is 17.3 Å². The third kappa shape index (κ3) is 4.95. The minimum atomic E-state index is 0.488. The van der Waals surface area contributed by atoms with E-state index in [1.54, 1.807) is 11.3 Å². The molecular weight excluding hydrogens is 294 g/mol. The van der Waals surface area contributed by atoms with Gasteiger partial charge >= 0.3 is 0 Å². The van der Waals surface area contributed by atoms with E-state index >= 15 is 0 Å². The first kappa shape index (κ1) is 17.2. The minimum absolute atomic E-state index is 0.488. The van der Waals surface area contributed by atoms with Gasteiger partial charge in [0.05, 0.1) is 12.2 Å². The van der Waals surface area contributed by atoms with Gasteiger partial charge in [0.1, 0.15) is 5.01 Å². The lowest BCUT2D eigenvalue weighted by atomic mass is 10.1. The molecule has 1 aromatic heterocycles. The second kappa shape index (κ2) is 7.92. The number of guanidine groups is 1. The van der Waals surface area contributed by atoms with Crippen molar-refractivity contribution in [2.75, 3.05) is 27.7 Å². The lowest BCUT2D eigenvalue weighted by molar-refractivity contribution is 0.264. The summed E-state index contributed by atoms with van der Waals surface area (Å²) in [6, 6.07) is 0.589. The van der Waals surface area contributed by atoms with Crippen LogP contribution in [0.15, 0.2) is 10.4 Å². The zero-order chi connectivity index (χ0) is 16.1. The number of thiazole rings is 1. The minimum Gasteiger partial charge on any atom is -0.355 e. The van der Waals surface area contributed by atoms with Crippen molar-refractivity contribution in [3.05, 3.63) is 16.1 Å². The van der Waals surface area contributed by atoms with E-state index in [4.69, 9.17) is 0 Å². The van der Waals surface area contributed by atoms with E-state index in [0.29, 0.717) is 12.0 Å². The van der Waals surface area contributed by atoms with Crippen LogP contribution in [0, 0.1) is 5.92 Å². The average Bonchev–Trinajstić information content (AvgIpc) is 3.18. The molecular formula is C16H29N5S. The molecule has 22 heavy (non-hydrogen) atoms. The molecule has 1 aliphatic carbocycles. The molecule has 1 atom stereocenters. The standard InChI is InChI=1S/C16H29N5S/c1-11(2)13-10-22-15(20-13)9-19-16(17-3)18-8-14(21(4)5)12-6-7-12/h10-12,14H,6-9H2,1-5H3,(H2,17,18,19). The van der Waals surface area contributed by atoms with Crippen molar-refractivity contribution in [2.24, 2.45) is 10.9 Å². The molecule has 0 aromatic carbocycles. The molecule has 6 heteroatoms. The highest BCUT2D eigenvalue weighted by atomic mass is 32.1. The summed E-state index contributed by atoms with van der Waals surface area (Å²) in [6.45, 7) is 6.01. The maximum absolute atomic E-state index is 4.64. The molecule has 0 saturated heterocycles. The Bertz CT molecular complexity index is 488. The van der Waals surface area contributed by atoms with Gasteiger partial charge in [0.15, 0.2) is 5.96 Å². The van der Waals surface area contributed by atoms with Crippen LogP contribution < -0.4 is 10.6 Å². The molecule has 1 aromatic rings. The van der Waals surface area contributed by atoms with Crippen LogP contribution in [0.3, 0.4) is 0 Å². The van der Waals surface area contributed by atoms with Crippen molar-refractivity contribution < 1.29 is 0 Å². The summed E-state index contributed by atoms with van der Waals surface area (Å²) in [7, 11) is 6.13. The smallest absolute Gasteiger partial charge is 0.191 e. The maximum Gasteiger partial charge on any atom is 0.191 e. The fourth-order valence-electron chi connectivity index (χ4n) is 2.50. The van der Waals surface area contributed by atoms with Crippen LogP contribution in [0.5, 0.6) is 0 Å². The molecule has 2 rings (SSSR count). The summed E-state index contributed by atoms with van der Waals surface area (Å²) in [5, 5.41) is 10.1. The zero-order valence-corrected chi connectivity index (χ0v) is 15.2. The molecule has 1 heterocycles. The third-order valence-corrected chi connectivity index (χ3v) is 4.97. The Balaban J connectivity index is 1.79. The summed E-state index contributed by atoms with van der Waals surface area (Å²) in [5.41, 5.74) is 1.17. The lowest BCUT2D eigenvalue weighted by Crippen LogP contribution is -2.45. The summed E-state index contributed by atoms with van der Waals surface area (Å²) in [4.78, 5) is 11.3. The van der Waals surface area contributed by atoms with Crippen LogP contribution in [-0.2, 0) is 6.54 Å². The predicted octanol–water partition coefficient (Wildman–Crippen LogP) is 2.27. The largest absolute Gasteiger partial charge is 0.355 e. The highest BCUT2D eigenvalue weighted by molar-refractivity contribution is 7.09. The van der Waals surface area contributed by atoms with Crippen LogP contribution in [0.4, 0.5) is 0 Å². The van der Waals surface area contributed by atoms with E-state index < -0.39 is 0 Å². The molecule has 0 aliphatic heterocycles. The Morgan fingerprint density at radius 1 is 1.41 bits per heavy atom. The SMILES string of the molecule is CN=C(NCc1nc(C(C)C)cs1)NCC(C1CC1)N(C)C. The molecule has 5 nitrogen and oxygen atoms in total. The number of nitrogens with zero attached hydrogens (tertiary/aromatic N) is 3. The normalized spacial score (nSPS) is 17.1. The fourth-order valence-corrected chi connectivity index (χ4v) is 3.40. The van der Waals surface area contributed by atoms with Crippen LogP contribution >= 0.6 is 11.3 Å². The van der Waals surface area contributed by atoms with Gasteiger partial charge in [-0.15, -0.1) is 11.3 Å². The molecule has 0 bridgehead atoms. The van der Waals surface area contributed by atoms with E-state index in [-0.39, 0.29) is 0 Å². The molecule has 0 spiro atoms. The molecule has 1 unspecified atom stereocenters. The highest BCUT2D eigenvalue weighted by Gasteiger charge is 2.32. The monoisotopic (exact) mass is 323 g/mol. The average molecular weight is 324 g/mol. The first-order chi connectivity index (χ1) is 10.5. The third-order valence-electron chi connectivity index (χ3n) is 4.10. The van der Waals surface area contributed by atoms with Gasteiger partial charge in [-0.05, 0) is 38.8 Å². The molecule has 2 N–H and O–H groups in total. The van der Waals surface area contributed by atoms with Crippen molar-refractivity contribution in [3.63, 3.8) is 0 Å². The van der Waals surface area contributed by atoms with Gasteiger partial charge in [-0.3, -0.25) is 4.99 Å². The Hall–Kier alpha value is -1.14. The van der Waals surface area contributed by atoms with Crippen molar-refractivity contribution in [2.45, 2.75) is 45.2 Å². The second-order valence-electron chi connectivity index (χ2n) is 6.50. The van der Waals surface area contributed by atoms with Gasteiger partial charge in [-0.2, -0.15) is 0 Å². The summed E-state index contributed by atoms with van der Waals surface area (Å²) < 4.78 is 0. The molecule has 1 saturated carbocycles. The van der Waals surface area contributed by atoms with E-state index in [9.17, 15) is 0 Å². The number of hydrogen-bond donors (Lipinski definition) is 2. The summed E-state index contributed by atoms with van der Waals surface area (Å²) in [6.07, 6.45) is 2.71. The van der Waals surface area contributed by atoms with Crippen LogP contribution in [0.1, 0.15) is 43.3 Å². The highest BCUT2D eigenvalue weighted by Crippen LogP contribution is 2.34. The fraction of sp³-hybridized carbons (Fsp3) is 0.750. The predicted molar refractivity (Wildman–Crippen MR) is 94.6 cm³/mol. The Morgan fingerprint density at radius 3 is 2.64 bits per heavy atom. The Kier molecular flexibility index (Phi) is 6.20. The van der Waals surface area contributed by atoms with Gasteiger partial charge in [-0.1, -0.05) is 13.8 Å². The van der Waals surface area contributed by atoms with Crippen LogP contribution in [0.2, 0.25) is 0 Å². The quantitative estimate of drug-likeness (QED) is 0.597. The second-order valence-corrected chi connectivity index (χ2v) is 7.44. The Morgan fingerprint density at radius 2 is 2.14 bits per heavy atom. The summed E-state index contributed by atoms with van der Waals surface area (Å²) in [5.74, 6) is 2.18. The number of rotatable bonds is 7. The first-order valence-electron chi connectivity index (χ1n) is 8.06. The summed E-state index contributed by atoms with van der Waals surface area (Å²) >= 11 is 1.71. The number of aromatic nitrogens is 1. The lowest BCUT2D eigenvalue weighted by Gasteiger charge is -2.25.